The lowest BCUT2D eigenvalue weighted by Gasteiger charge is -2.37. The second-order valence-electron chi connectivity index (χ2n) is 6.96. The van der Waals surface area contributed by atoms with Crippen molar-refractivity contribution in [1.82, 2.24) is 9.80 Å². The Bertz CT molecular complexity index is 263. The Morgan fingerprint density at radius 2 is 2.00 bits per heavy atom. The van der Waals surface area contributed by atoms with Gasteiger partial charge in [0.05, 0.1) is 0 Å². The molecule has 1 saturated heterocycles. The molecule has 19 heavy (non-hydrogen) atoms. The molecule has 3 heteroatoms. The van der Waals surface area contributed by atoms with Crippen molar-refractivity contribution in [3.05, 3.63) is 0 Å². The van der Waals surface area contributed by atoms with Crippen molar-refractivity contribution in [2.24, 2.45) is 11.3 Å². The molecule has 0 spiro atoms. The number of aliphatic hydroxyl groups excluding tert-OH is 1. The standard InChI is InChI=1S/C16H32N2O/c1-3-18-10-6-7-15(12-18)11-17(2)13-16(14-19)8-4-5-9-16/h15,19H,3-14H2,1-2H3. The fourth-order valence-electron chi connectivity index (χ4n) is 4.16. The minimum atomic E-state index is 0.216. The van der Waals surface area contributed by atoms with Crippen LogP contribution in [0.25, 0.3) is 0 Å². The predicted octanol–water partition coefficient (Wildman–Crippen LogP) is 2.20. The van der Waals surface area contributed by atoms with Crippen molar-refractivity contribution in [3.8, 4) is 0 Å². The van der Waals surface area contributed by atoms with Gasteiger partial charge in [0.2, 0.25) is 0 Å². The summed E-state index contributed by atoms with van der Waals surface area (Å²) in [6.07, 6.45) is 7.80. The minimum Gasteiger partial charge on any atom is -0.396 e. The lowest BCUT2D eigenvalue weighted by Crippen LogP contribution is -2.43. The molecule has 1 N–H and O–H groups in total. The Hall–Kier alpha value is -0.120. The van der Waals surface area contributed by atoms with Crippen molar-refractivity contribution >= 4 is 0 Å². The van der Waals surface area contributed by atoms with E-state index in [0.717, 1.165) is 12.5 Å². The van der Waals surface area contributed by atoms with Crippen LogP contribution in [0.1, 0.15) is 45.4 Å². The summed E-state index contributed by atoms with van der Waals surface area (Å²) < 4.78 is 0. The third kappa shape index (κ3) is 4.17. The molecule has 1 unspecified atom stereocenters. The lowest BCUT2D eigenvalue weighted by molar-refractivity contribution is 0.0722. The summed E-state index contributed by atoms with van der Waals surface area (Å²) in [5, 5.41) is 9.72. The molecule has 0 aromatic rings. The molecule has 0 amide bonds. The first kappa shape index (κ1) is 15.3. The molecular weight excluding hydrogens is 236 g/mol. The lowest BCUT2D eigenvalue weighted by atomic mass is 9.86. The van der Waals surface area contributed by atoms with Crippen molar-refractivity contribution in [2.75, 3.05) is 46.4 Å². The summed E-state index contributed by atoms with van der Waals surface area (Å²) >= 11 is 0. The number of rotatable bonds is 6. The van der Waals surface area contributed by atoms with Gasteiger partial charge in [-0.3, -0.25) is 0 Å². The largest absolute Gasteiger partial charge is 0.396 e. The Morgan fingerprint density at radius 3 is 2.63 bits per heavy atom. The van der Waals surface area contributed by atoms with E-state index in [1.165, 1.54) is 64.7 Å². The molecule has 2 aliphatic rings. The van der Waals surface area contributed by atoms with Crippen LogP contribution in [0.3, 0.4) is 0 Å². The molecule has 2 rings (SSSR count). The van der Waals surface area contributed by atoms with E-state index in [1.807, 2.05) is 0 Å². The zero-order chi connectivity index (χ0) is 13.7. The van der Waals surface area contributed by atoms with Crippen molar-refractivity contribution in [2.45, 2.75) is 45.4 Å². The van der Waals surface area contributed by atoms with Gasteiger partial charge in [-0.25, -0.2) is 0 Å². The predicted molar refractivity (Wildman–Crippen MR) is 80.3 cm³/mol. The number of hydrogen-bond donors (Lipinski definition) is 1. The van der Waals surface area contributed by atoms with Gasteiger partial charge in [-0.05, 0) is 51.7 Å². The molecule has 3 nitrogen and oxygen atoms in total. The highest BCUT2D eigenvalue weighted by atomic mass is 16.3. The van der Waals surface area contributed by atoms with Gasteiger partial charge >= 0.3 is 0 Å². The average Bonchev–Trinajstić information content (AvgIpc) is 2.88. The second-order valence-corrected chi connectivity index (χ2v) is 6.96. The van der Waals surface area contributed by atoms with Crippen molar-refractivity contribution < 1.29 is 5.11 Å². The normalized spacial score (nSPS) is 28.1. The fraction of sp³-hybridized carbons (Fsp3) is 1.00. The van der Waals surface area contributed by atoms with Crippen LogP contribution in [-0.2, 0) is 0 Å². The Morgan fingerprint density at radius 1 is 1.26 bits per heavy atom. The highest BCUT2D eigenvalue weighted by Crippen LogP contribution is 2.38. The monoisotopic (exact) mass is 268 g/mol. The van der Waals surface area contributed by atoms with E-state index in [0.29, 0.717) is 6.61 Å². The maximum atomic E-state index is 9.72. The summed E-state index contributed by atoms with van der Waals surface area (Å²) in [6, 6.07) is 0. The molecule has 112 valence electrons. The van der Waals surface area contributed by atoms with Crippen LogP contribution in [0, 0.1) is 11.3 Å². The van der Waals surface area contributed by atoms with Gasteiger partial charge in [0.25, 0.3) is 0 Å². The quantitative estimate of drug-likeness (QED) is 0.800. The van der Waals surface area contributed by atoms with Crippen LogP contribution in [0.2, 0.25) is 0 Å². The molecule has 0 radical (unpaired) electrons. The number of aliphatic hydroxyl groups is 1. The van der Waals surface area contributed by atoms with Crippen LogP contribution in [0.15, 0.2) is 0 Å². The Balaban J connectivity index is 1.78. The van der Waals surface area contributed by atoms with Gasteiger partial charge in [-0.2, -0.15) is 0 Å². The Labute approximate surface area is 119 Å². The van der Waals surface area contributed by atoms with Crippen LogP contribution in [0.5, 0.6) is 0 Å². The maximum Gasteiger partial charge on any atom is 0.0499 e. The third-order valence-electron chi connectivity index (χ3n) is 5.23. The fourth-order valence-corrected chi connectivity index (χ4v) is 4.16. The molecule has 0 bridgehead atoms. The molecule has 1 saturated carbocycles. The van der Waals surface area contributed by atoms with Crippen molar-refractivity contribution in [3.63, 3.8) is 0 Å². The van der Waals surface area contributed by atoms with Crippen molar-refractivity contribution in [1.29, 1.82) is 0 Å². The summed E-state index contributed by atoms with van der Waals surface area (Å²) in [5.74, 6) is 0.829. The SMILES string of the molecule is CCN1CCCC(CN(C)CC2(CO)CCCC2)C1. The molecule has 2 fully saturated rings. The number of hydrogen-bond acceptors (Lipinski definition) is 3. The highest BCUT2D eigenvalue weighted by molar-refractivity contribution is 4.87. The van der Waals surface area contributed by atoms with E-state index >= 15 is 0 Å². The van der Waals surface area contributed by atoms with E-state index in [9.17, 15) is 5.11 Å². The summed E-state index contributed by atoms with van der Waals surface area (Å²) in [4.78, 5) is 5.07. The van der Waals surface area contributed by atoms with Crippen LogP contribution < -0.4 is 0 Å². The van der Waals surface area contributed by atoms with E-state index in [1.54, 1.807) is 0 Å². The zero-order valence-corrected chi connectivity index (χ0v) is 12.9. The van der Waals surface area contributed by atoms with E-state index in [2.05, 4.69) is 23.8 Å². The summed E-state index contributed by atoms with van der Waals surface area (Å²) in [6.45, 7) is 8.70. The molecular formula is C16H32N2O. The molecule has 1 atom stereocenters. The highest BCUT2D eigenvalue weighted by Gasteiger charge is 2.34. The summed E-state index contributed by atoms with van der Waals surface area (Å²) in [5.41, 5.74) is 0.216. The van der Waals surface area contributed by atoms with E-state index in [4.69, 9.17) is 0 Å². The van der Waals surface area contributed by atoms with Gasteiger partial charge in [-0.15, -0.1) is 0 Å². The van der Waals surface area contributed by atoms with Crippen LogP contribution in [-0.4, -0.2) is 61.3 Å². The van der Waals surface area contributed by atoms with Crippen LogP contribution >= 0.6 is 0 Å². The second kappa shape index (κ2) is 7.05. The first-order valence-corrected chi connectivity index (χ1v) is 8.19. The first-order chi connectivity index (χ1) is 9.17. The third-order valence-corrected chi connectivity index (χ3v) is 5.23. The van der Waals surface area contributed by atoms with Gasteiger partial charge < -0.3 is 14.9 Å². The number of piperidine rings is 1. The number of nitrogens with zero attached hydrogens (tertiary/aromatic N) is 2. The molecule has 1 heterocycles. The first-order valence-electron chi connectivity index (χ1n) is 8.19. The molecule has 1 aliphatic heterocycles. The average molecular weight is 268 g/mol. The van der Waals surface area contributed by atoms with Crippen LogP contribution in [0.4, 0.5) is 0 Å². The molecule has 0 aromatic carbocycles. The van der Waals surface area contributed by atoms with Gasteiger partial charge in [-0.1, -0.05) is 19.8 Å². The molecule has 0 aromatic heterocycles. The topological polar surface area (TPSA) is 26.7 Å². The number of likely N-dealkylation sites (tertiary alicyclic amines) is 1. The van der Waals surface area contributed by atoms with Gasteiger partial charge in [0, 0.05) is 31.7 Å². The molecule has 1 aliphatic carbocycles. The Kier molecular flexibility index (Phi) is 5.67. The summed E-state index contributed by atoms with van der Waals surface area (Å²) in [7, 11) is 2.25. The zero-order valence-electron chi connectivity index (χ0n) is 12.9. The van der Waals surface area contributed by atoms with E-state index < -0.39 is 0 Å². The van der Waals surface area contributed by atoms with Gasteiger partial charge in [0.15, 0.2) is 0 Å². The van der Waals surface area contributed by atoms with E-state index in [-0.39, 0.29) is 5.41 Å². The van der Waals surface area contributed by atoms with Gasteiger partial charge in [0.1, 0.15) is 0 Å². The maximum absolute atomic E-state index is 9.72. The smallest absolute Gasteiger partial charge is 0.0499 e. The minimum absolute atomic E-state index is 0.216.